The van der Waals surface area contributed by atoms with Crippen molar-refractivity contribution in [3.05, 3.63) is 62.9 Å². The number of fused-ring (bicyclic) bond motifs is 1. The molecule has 3 heterocycles. The van der Waals surface area contributed by atoms with Crippen LogP contribution in [0.5, 0.6) is 5.75 Å². The molecule has 1 aromatic heterocycles. The van der Waals surface area contributed by atoms with Crippen LogP contribution in [0.15, 0.2) is 46.1 Å². The van der Waals surface area contributed by atoms with E-state index >= 15 is 0 Å². The van der Waals surface area contributed by atoms with Crippen molar-refractivity contribution in [1.82, 2.24) is 9.55 Å². The van der Waals surface area contributed by atoms with Crippen LogP contribution in [0, 0.1) is 0 Å². The highest BCUT2D eigenvalue weighted by Crippen LogP contribution is 2.55. The van der Waals surface area contributed by atoms with Crippen molar-refractivity contribution in [3.8, 4) is 5.75 Å². The molecule has 1 unspecified atom stereocenters. The van der Waals surface area contributed by atoms with Gasteiger partial charge in [0.15, 0.2) is 5.06 Å². The number of H-pyrrole nitrogens is 1. The summed E-state index contributed by atoms with van der Waals surface area (Å²) in [6.07, 6.45) is 1.40. The molecule has 2 aliphatic heterocycles. The predicted octanol–water partition coefficient (Wildman–Crippen LogP) is 2.51. The third-order valence-corrected chi connectivity index (χ3v) is 5.97. The van der Waals surface area contributed by atoms with Crippen molar-refractivity contribution in [2.45, 2.75) is 30.7 Å². The summed E-state index contributed by atoms with van der Waals surface area (Å²) in [4.78, 5) is 25.2. The fraction of sp³-hybridized carbons (Fsp3) is 0.375. The summed E-state index contributed by atoms with van der Waals surface area (Å²) in [5, 5.41) is -1.30. The number of hydrogen-bond donors (Lipinski definition) is 1. The molecule has 0 amide bonds. The molecule has 144 valence electrons. The van der Waals surface area contributed by atoms with Crippen LogP contribution in [0.4, 0.5) is 0 Å². The highest BCUT2D eigenvalue weighted by atomic mass is 35.5. The van der Waals surface area contributed by atoms with Gasteiger partial charge in [0.2, 0.25) is 0 Å². The van der Waals surface area contributed by atoms with E-state index in [0.29, 0.717) is 18.6 Å². The molecule has 1 fully saturated rings. The number of phosphoric acid groups is 1. The fourth-order valence-corrected chi connectivity index (χ4v) is 4.51. The lowest BCUT2D eigenvalue weighted by atomic mass is 10.2. The van der Waals surface area contributed by atoms with Crippen LogP contribution in [0.1, 0.15) is 24.6 Å². The van der Waals surface area contributed by atoms with Gasteiger partial charge in [0.1, 0.15) is 18.6 Å². The number of para-hydroxylation sites is 1. The molecule has 2 aliphatic rings. The first-order valence-corrected chi connectivity index (χ1v) is 10.0. The van der Waals surface area contributed by atoms with E-state index in [1.54, 1.807) is 18.2 Å². The number of nitrogens with one attached hydrogen (secondary N) is 1. The normalized spacial score (nSPS) is 29.9. The largest absolute Gasteiger partial charge is 0.530 e. The maximum atomic E-state index is 12.7. The van der Waals surface area contributed by atoms with E-state index in [-0.39, 0.29) is 13.2 Å². The lowest BCUT2D eigenvalue weighted by Crippen LogP contribution is -2.33. The van der Waals surface area contributed by atoms with Gasteiger partial charge >= 0.3 is 13.5 Å². The number of nitrogens with zero attached hydrogens (tertiary/aromatic N) is 1. The van der Waals surface area contributed by atoms with Gasteiger partial charge < -0.3 is 9.26 Å². The van der Waals surface area contributed by atoms with Crippen molar-refractivity contribution in [1.29, 1.82) is 0 Å². The minimum Gasteiger partial charge on any atom is -0.404 e. The van der Waals surface area contributed by atoms with Crippen molar-refractivity contribution in [2.24, 2.45) is 0 Å². The van der Waals surface area contributed by atoms with Gasteiger partial charge in [-0.3, -0.25) is 23.4 Å². The minimum absolute atomic E-state index is 0.0962. The first-order chi connectivity index (χ1) is 12.9. The Kier molecular flexibility index (Phi) is 4.73. The van der Waals surface area contributed by atoms with Crippen LogP contribution in [0.25, 0.3) is 0 Å². The van der Waals surface area contributed by atoms with E-state index in [0.717, 1.165) is 5.56 Å². The summed E-state index contributed by atoms with van der Waals surface area (Å²) in [6.45, 7) is -0.165. The van der Waals surface area contributed by atoms with Crippen LogP contribution < -0.4 is 15.8 Å². The zero-order valence-electron chi connectivity index (χ0n) is 14.0. The topological polar surface area (TPSA) is 109 Å². The number of ether oxygens (including phenoxy) is 1. The van der Waals surface area contributed by atoms with E-state index in [9.17, 15) is 14.2 Å². The molecule has 4 rings (SSSR count). The van der Waals surface area contributed by atoms with Gasteiger partial charge in [-0.2, -0.15) is 0 Å². The Hall–Kier alpha value is -1.90. The average Bonchev–Trinajstić information content (AvgIpc) is 3.03. The Morgan fingerprint density at radius 2 is 2.15 bits per heavy atom. The standard InChI is InChI=1S/C16H16ClN2O7P/c17-16(7-5-14(25-16)19-8-6-13(20)18-15(19)21)10-24-27(22)23-9-11-3-1-2-4-12(11)26-27/h1-4,6,8,14H,5,7,9-10H2,(H,18,20,21)/t14-,16+,27?/m1/s1. The first-order valence-electron chi connectivity index (χ1n) is 8.21. The van der Waals surface area contributed by atoms with E-state index in [1.165, 1.54) is 16.8 Å². The Bertz CT molecular complexity index is 1020. The Morgan fingerprint density at radius 1 is 1.33 bits per heavy atom. The van der Waals surface area contributed by atoms with Crippen molar-refractivity contribution >= 4 is 19.4 Å². The summed E-state index contributed by atoms with van der Waals surface area (Å²) >= 11 is 6.41. The minimum atomic E-state index is -3.83. The molecule has 1 aromatic carbocycles. The lowest BCUT2D eigenvalue weighted by molar-refractivity contribution is -0.0508. The number of rotatable bonds is 4. The summed E-state index contributed by atoms with van der Waals surface area (Å²) in [5.74, 6) is 0.431. The van der Waals surface area contributed by atoms with Gasteiger partial charge in [0.25, 0.3) is 5.56 Å². The number of aromatic nitrogens is 2. The molecular formula is C16H16ClN2O7P. The zero-order valence-corrected chi connectivity index (χ0v) is 15.7. The van der Waals surface area contributed by atoms with Gasteiger partial charge in [-0.05, 0) is 18.9 Å². The Morgan fingerprint density at radius 3 is 2.96 bits per heavy atom. The van der Waals surface area contributed by atoms with E-state index in [2.05, 4.69) is 4.98 Å². The first kappa shape index (κ1) is 18.5. The second-order valence-electron chi connectivity index (χ2n) is 6.20. The number of phosphoric ester groups is 1. The smallest absolute Gasteiger partial charge is 0.404 e. The summed E-state index contributed by atoms with van der Waals surface area (Å²) < 4.78 is 35.6. The monoisotopic (exact) mass is 414 g/mol. The van der Waals surface area contributed by atoms with Gasteiger partial charge in [-0.25, -0.2) is 9.36 Å². The van der Waals surface area contributed by atoms with Crippen molar-refractivity contribution in [2.75, 3.05) is 6.61 Å². The summed E-state index contributed by atoms with van der Waals surface area (Å²) in [7, 11) is -3.83. The van der Waals surface area contributed by atoms with Crippen LogP contribution in [0.2, 0.25) is 0 Å². The Labute approximate surface area is 158 Å². The molecule has 0 spiro atoms. The second kappa shape index (κ2) is 6.92. The zero-order chi connectivity index (χ0) is 19.1. The number of halogens is 1. The number of aromatic amines is 1. The molecule has 9 nitrogen and oxygen atoms in total. The molecular weight excluding hydrogens is 399 g/mol. The molecule has 11 heteroatoms. The molecule has 0 aliphatic carbocycles. The van der Waals surface area contributed by atoms with E-state index in [1.807, 2.05) is 6.07 Å². The molecule has 2 aromatic rings. The number of hydrogen-bond acceptors (Lipinski definition) is 7. The number of benzene rings is 1. The maximum absolute atomic E-state index is 12.7. The summed E-state index contributed by atoms with van der Waals surface area (Å²) in [6, 6.07) is 8.27. The molecule has 0 saturated carbocycles. The summed E-state index contributed by atoms with van der Waals surface area (Å²) in [5.41, 5.74) is -0.333. The highest BCUT2D eigenvalue weighted by molar-refractivity contribution is 7.49. The maximum Gasteiger partial charge on any atom is 0.530 e. The molecule has 1 saturated heterocycles. The second-order valence-corrected chi connectivity index (χ2v) is 8.49. The average molecular weight is 415 g/mol. The van der Waals surface area contributed by atoms with Gasteiger partial charge in [0.05, 0.1) is 6.61 Å². The fourth-order valence-electron chi connectivity index (χ4n) is 2.90. The van der Waals surface area contributed by atoms with Crippen LogP contribution >= 0.6 is 19.4 Å². The van der Waals surface area contributed by atoms with Crippen LogP contribution in [0.3, 0.4) is 0 Å². The van der Waals surface area contributed by atoms with Gasteiger partial charge in [0, 0.05) is 17.8 Å². The molecule has 0 radical (unpaired) electrons. The van der Waals surface area contributed by atoms with Gasteiger partial charge in [-0.1, -0.05) is 29.8 Å². The molecule has 27 heavy (non-hydrogen) atoms. The Balaban J connectivity index is 1.42. The predicted molar refractivity (Wildman–Crippen MR) is 94.7 cm³/mol. The lowest BCUT2D eigenvalue weighted by Gasteiger charge is -2.28. The SMILES string of the molecule is O=c1ccn([C@H]2CC[C@@](Cl)(COP3(=O)OCc4ccccc4O3)O2)c(=O)[nH]1. The van der Waals surface area contributed by atoms with Gasteiger partial charge in [-0.15, -0.1) is 0 Å². The molecule has 3 atom stereocenters. The molecule has 1 N–H and O–H groups in total. The van der Waals surface area contributed by atoms with E-state index in [4.69, 9.17) is 29.9 Å². The quantitative estimate of drug-likeness (QED) is 0.604. The van der Waals surface area contributed by atoms with Crippen molar-refractivity contribution < 1.29 is 22.9 Å². The highest BCUT2D eigenvalue weighted by Gasteiger charge is 2.44. The van der Waals surface area contributed by atoms with E-state index < -0.39 is 30.4 Å². The third kappa shape index (κ3) is 3.88. The van der Waals surface area contributed by atoms with Crippen molar-refractivity contribution in [3.63, 3.8) is 0 Å². The molecule has 0 bridgehead atoms. The number of alkyl halides is 1. The third-order valence-electron chi connectivity index (χ3n) is 4.27. The van der Waals surface area contributed by atoms with Crippen LogP contribution in [-0.2, 0) is 25.0 Å². The van der Waals surface area contributed by atoms with Crippen LogP contribution in [-0.4, -0.2) is 21.2 Å².